The molecule has 1 N–H and O–H groups in total. The summed E-state index contributed by atoms with van der Waals surface area (Å²) >= 11 is 0. The monoisotopic (exact) mass is 266 g/mol. The van der Waals surface area contributed by atoms with E-state index in [1.807, 2.05) is 54.6 Å². The van der Waals surface area contributed by atoms with Crippen LogP contribution < -0.4 is 4.74 Å². The standard InChI is InChI=1S/C18H18O2/c1-3-18(19,16-10-5-4-6-11-16)14-13-15-9-7-8-12-17(15)20-2/h1,4-12,19H,13-14H2,2H3. The molecule has 0 aliphatic heterocycles. The van der Waals surface area contributed by atoms with Gasteiger partial charge >= 0.3 is 0 Å². The second kappa shape index (κ2) is 6.27. The number of ether oxygens (including phenoxy) is 1. The summed E-state index contributed by atoms with van der Waals surface area (Å²) in [4.78, 5) is 0. The molecule has 0 spiro atoms. The third-order valence-electron chi connectivity index (χ3n) is 3.44. The summed E-state index contributed by atoms with van der Waals surface area (Å²) in [5.41, 5.74) is 0.541. The molecule has 102 valence electrons. The number of hydrogen-bond donors (Lipinski definition) is 1. The Labute approximate surface area is 120 Å². The van der Waals surface area contributed by atoms with Crippen LogP contribution in [0.1, 0.15) is 17.5 Å². The van der Waals surface area contributed by atoms with Crippen molar-refractivity contribution in [3.63, 3.8) is 0 Å². The summed E-state index contributed by atoms with van der Waals surface area (Å²) in [5.74, 6) is 3.34. The molecule has 1 atom stereocenters. The lowest BCUT2D eigenvalue weighted by molar-refractivity contribution is 0.0906. The van der Waals surface area contributed by atoms with E-state index in [2.05, 4.69) is 5.92 Å². The molecule has 0 saturated carbocycles. The molecule has 2 rings (SSSR count). The molecule has 1 unspecified atom stereocenters. The highest BCUT2D eigenvalue weighted by molar-refractivity contribution is 5.35. The molecule has 0 fully saturated rings. The van der Waals surface area contributed by atoms with Crippen molar-refractivity contribution < 1.29 is 9.84 Å². The molecular formula is C18H18O2. The average Bonchev–Trinajstić information content (AvgIpc) is 2.53. The Morgan fingerprint density at radius 2 is 1.75 bits per heavy atom. The number of para-hydroxylation sites is 1. The van der Waals surface area contributed by atoms with Crippen molar-refractivity contribution >= 4 is 0 Å². The van der Waals surface area contributed by atoms with Crippen LogP contribution in [0.15, 0.2) is 54.6 Å². The van der Waals surface area contributed by atoms with E-state index in [1.165, 1.54) is 0 Å². The van der Waals surface area contributed by atoms with E-state index in [1.54, 1.807) is 7.11 Å². The molecule has 0 radical (unpaired) electrons. The van der Waals surface area contributed by atoms with Crippen LogP contribution in [0.4, 0.5) is 0 Å². The van der Waals surface area contributed by atoms with Crippen LogP contribution in [0.2, 0.25) is 0 Å². The number of methoxy groups -OCH3 is 1. The summed E-state index contributed by atoms with van der Waals surface area (Å²) in [5, 5.41) is 10.6. The van der Waals surface area contributed by atoms with Crippen molar-refractivity contribution in [3.05, 3.63) is 65.7 Å². The first-order valence-corrected chi connectivity index (χ1v) is 6.57. The first-order chi connectivity index (χ1) is 9.69. The highest BCUT2D eigenvalue weighted by Gasteiger charge is 2.26. The molecule has 0 aliphatic rings. The lowest BCUT2D eigenvalue weighted by Gasteiger charge is -2.23. The van der Waals surface area contributed by atoms with E-state index < -0.39 is 5.60 Å². The Hall–Kier alpha value is -2.24. The molecule has 0 aliphatic carbocycles. The quantitative estimate of drug-likeness (QED) is 0.842. The van der Waals surface area contributed by atoms with Crippen LogP contribution in [0.3, 0.4) is 0 Å². The van der Waals surface area contributed by atoms with Crippen molar-refractivity contribution in [3.8, 4) is 18.1 Å². The van der Waals surface area contributed by atoms with Crippen LogP contribution in [-0.2, 0) is 12.0 Å². The number of aryl methyl sites for hydroxylation is 1. The summed E-state index contributed by atoms with van der Waals surface area (Å²) < 4.78 is 5.32. The van der Waals surface area contributed by atoms with Crippen molar-refractivity contribution in [2.45, 2.75) is 18.4 Å². The zero-order valence-corrected chi connectivity index (χ0v) is 11.5. The topological polar surface area (TPSA) is 29.5 Å². The van der Waals surface area contributed by atoms with Gasteiger partial charge in [-0.15, -0.1) is 6.42 Å². The summed E-state index contributed by atoms with van der Waals surface area (Å²) in [7, 11) is 1.64. The highest BCUT2D eigenvalue weighted by Crippen LogP contribution is 2.28. The molecule has 2 nitrogen and oxygen atoms in total. The van der Waals surface area contributed by atoms with Gasteiger partial charge in [0.2, 0.25) is 0 Å². The lowest BCUT2D eigenvalue weighted by atomic mass is 9.88. The van der Waals surface area contributed by atoms with E-state index in [-0.39, 0.29) is 0 Å². The Morgan fingerprint density at radius 3 is 2.40 bits per heavy atom. The SMILES string of the molecule is C#CC(O)(CCc1ccccc1OC)c1ccccc1. The normalized spacial score (nSPS) is 13.2. The second-order valence-corrected chi connectivity index (χ2v) is 4.68. The molecule has 2 aromatic rings. The lowest BCUT2D eigenvalue weighted by Crippen LogP contribution is -2.24. The minimum Gasteiger partial charge on any atom is -0.496 e. The maximum atomic E-state index is 10.6. The van der Waals surface area contributed by atoms with Gasteiger partial charge in [0, 0.05) is 0 Å². The average molecular weight is 266 g/mol. The van der Waals surface area contributed by atoms with Crippen molar-refractivity contribution in [2.24, 2.45) is 0 Å². The van der Waals surface area contributed by atoms with Crippen molar-refractivity contribution in [2.75, 3.05) is 7.11 Å². The molecule has 2 aromatic carbocycles. The van der Waals surface area contributed by atoms with Crippen LogP contribution in [0.5, 0.6) is 5.75 Å². The van der Waals surface area contributed by atoms with Gasteiger partial charge in [0.1, 0.15) is 5.75 Å². The number of hydrogen-bond acceptors (Lipinski definition) is 2. The van der Waals surface area contributed by atoms with Gasteiger partial charge in [-0.1, -0.05) is 54.5 Å². The van der Waals surface area contributed by atoms with Gasteiger partial charge in [-0.3, -0.25) is 0 Å². The van der Waals surface area contributed by atoms with Gasteiger partial charge in [0.05, 0.1) is 7.11 Å². The van der Waals surface area contributed by atoms with Gasteiger partial charge in [0.15, 0.2) is 5.60 Å². The molecule has 20 heavy (non-hydrogen) atoms. The first kappa shape index (κ1) is 14.2. The Morgan fingerprint density at radius 1 is 1.10 bits per heavy atom. The summed E-state index contributed by atoms with van der Waals surface area (Å²) in [6, 6.07) is 17.1. The molecule has 0 bridgehead atoms. The minimum absolute atomic E-state index is 0.452. The van der Waals surface area contributed by atoms with Crippen LogP contribution in [0.25, 0.3) is 0 Å². The fourth-order valence-electron chi connectivity index (χ4n) is 2.24. The number of aliphatic hydroxyl groups is 1. The van der Waals surface area contributed by atoms with E-state index in [4.69, 9.17) is 11.2 Å². The van der Waals surface area contributed by atoms with Gasteiger partial charge in [0.25, 0.3) is 0 Å². The highest BCUT2D eigenvalue weighted by atomic mass is 16.5. The number of rotatable bonds is 5. The maximum Gasteiger partial charge on any atom is 0.151 e. The third-order valence-corrected chi connectivity index (χ3v) is 3.44. The van der Waals surface area contributed by atoms with E-state index in [0.717, 1.165) is 16.9 Å². The van der Waals surface area contributed by atoms with E-state index in [9.17, 15) is 5.11 Å². The fourth-order valence-corrected chi connectivity index (χ4v) is 2.24. The predicted molar refractivity (Wildman–Crippen MR) is 80.5 cm³/mol. The van der Waals surface area contributed by atoms with Crippen molar-refractivity contribution in [1.29, 1.82) is 0 Å². The summed E-state index contributed by atoms with van der Waals surface area (Å²) in [6.07, 6.45) is 6.65. The second-order valence-electron chi connectivity index (χ2n) is 4.68. The van der Waals surface area contributed by atoms with Crippen molar-refractivity contribution in [1.82, 2.24) is 0 Å². The number of benzene rings is 2. The van der Waals surface area contributed by atoms with Gasteiger partial charge in [-0.2, -0.15) is 0 Å². The fraction of sp³-hybridized carbons (Fsp3) is 0.222. The first-order valence-electron chi connectivity index (χ1n) is 6.57. The van der Waals surface area contributed by atoms with E-state index in [0.29, 0.717) is 12.8 Å². The number of terminal acetylenes is 1. The predicted octanol–water partition coefficient (Wildman–Crippen LogP) is 3.15. The molecule has 2 heteroatoms. The maximum absolute atomic E-state index is 10.6. The van der Waals surface area contributed by atoms with E-state index >= 15 is 0 Å². The van der Waals surface area contributed by atoms with Crippen LogP contribution in [0, 0.1) is 12.3 Å². The minimum atomic E-state index is -1.25. The zero-order chi connectivity index (χ0) is 14.4. The Bertz CT molecular complexity index is 598. The largest absolute Gasteiger partial charge is 0.496 e. The van der Waals surface area contributed by atoms with Crippen LogP contribution >= 0.6 is 0 Å². The molecule has 0 heterocycles. The van der Waals surface area contributed by atoms with Crippen LogP contribution in [-0.4, -0.2) is 12.2 Å². The summed E-state index contributed by atoms with van der Waals surface area (Å²) in [6.45, 7) is 0. The van der Waals surface area contributed by atoms with Gasteiger partial charge < -0.3 is 9.84 Å². The van der Waals surface area contributed by atoms with Gasteiger partial charge in [-0.05, 0) is 30.0 Å². The smallest absolute Gasteiger partial charge is 0.151 e. The molecular weight excluding hydrogens is 248 g/mol. The molecule has 0 aromatic heterocycles. The molecule has 0 saturated heterocycles. The zero-order valence-electron chi connectivity index (χ0n) is 11.5. The Balaban J connectivity index is 2.18. The molecule has 0 amide bonds. The van der Waals surface area contributed by atoms with Gasteiger partial charge in [-0.25, -0.2) is 0 Å². The Kier molecular flexibility index (Phi) is 4.45. The third kappa shape index (κ3) is 3.01.